The van der Waals surface area contributed by atoms with Crippen molar-refractivity contribution in [2.75, 3.05) is 0 Å². The van der Waals surface area contributed by atoms with Crippen molar-refractivity contribution in [3.63, 3.8) is 0 Å². The van der Waals surface area contributed by atoms with Gasteiger partial charge in [-0.25, -0.2) is 0 Å². The highest BCUT2D eigenvalue weighted by Crippen LogP contribution is 2.35. The van der Waals surface area contributed by atoms with Crippen molar-refractivity contribution in [2.24, 2.45) is 5.92 Å². The highest BCUT2D eigenvalue weighted by Gasteiger charge is 2.18. The van der Waals surface area contributed by atoms with Crippen LogP contribution in [0.5, 0.6) is 0 Å². The van der Waals surface area contributed by atoms with Crippen LogP contribution in [0.4, 0.5) is 0 Å². The number of hydrogen-bond acceptors (Lipinski definition) is 0. The van der Waals surface area contributed by atoms with E-state index in [0.717, 1.165) is 6.42 Å². The first kappa shape index (κ1) is 15.6. The molecule has 1 aromatic carbocycles. The highest BCUT2D eigenvalue weighted by molar-refractivity contribution is 5.44. The lowest BCUT2D eigenvalue weighted by atomic mass is 9.81. The number of allylic oxidation sites excluding steroid dienone is 8. The molecule has 2 unspecified atom stereocenters. The normalized spacial score (nSPS) is 19.9. The Labute approximate surface area is 129 Å². The quantitative estimate of drug-likeness (QED) is 0.575. The Hall–Kier alpha value is -1.82. The Balaban J connectivity index is 2.39. The smallest absolute Gasteiger partial charge is 0.0296 e. The molecule has 0 nitrogen and oxygen atoms in total. The third-order valence-electron chi connectivity index (χ3n) is 3.94. The standard InChI is InChI=1S/C21H26/c1-16(2)10-13-18(4)21(19-8-6-5-7-9-19)20-14-11-17(3)12-15-20/h5-11,13-15,17,21H,12H2,1-4H3/b18-13+. The Morgan fingerprint density at radius 3 is 2.38 bits per heavy atom. The maximum absolute atomic E-state index is 2.40. The van der Waals surface area contributed by atoms with Crippen LogP contribution in [-0.2, 0) is 0 Å². The van der Waals surface area contributed by atoms with Crippen LogP contribution in [0.3, 0.4) is 0 Å². The van der Waals surface area contributed by atoms with Crippen molar-refractivity contribution in [1.82, 2.24) is 0 Å². The molecule has 0 fully saturated rings. The number of hydrogen-bond donors (Lipinski definition) is 0. The number of rotatable bonds is 4. The van der Waals surface area contributed by atoms with Crippen molar-refractivity contribution in [2.45, 2.75) is 40.0 Å². The Morgan fingerprint density at radius 2 is 1.81 bits per heavy atom. The van der Waals surface area contributed by atoms with Crippen LogP contribution in [-0.4, -0.2) is 0 Å². The van der Waals surface area contributed by atoms with Crippen LogP contribution in [0.15, 0.2) is 77.4 Å². The first-order chi connectivity index (χ1) is 10.1. The summed E-state index contributed by atoms with van der Waals surface area (Å²) in [4.78, 5) is 0. The monoisotopic (exact) mass is 278 g/mol. The molecule has 0 saturated carbocycles. The molecule has 0 heteroatoms. The van der Waals surface area contributed by atoms with Crippen LogP contribution >= 0.6 is 0 Å². The van der Waals surface area contributed by atoms with Crippen LogP contribution in [0.2, 0.25) is 0 Å². The summed E-state index contributed by atoms with van der Waals surface area (Å²) in [7, 11) is 0. The fraction of sp³-hybridized carbons (Fsp3) is 0.333. The van der Waals surface area contributed by atoms with Crippen molar-refractivity contribution >= 4 is 0 Å². The maximum atomic E-state index is 2.40. The maximum Gasteiger partial charge on any atom is 0.0296 e. The molecule has 0 aromatic heterocycles. The van der Waals surface area contributed by atoms with Gasteiger partial charge in [-0.1, -0.05) is 78.8 Å². The van der Waals surface area contributed by atoms with Crippen molar-refractivity contribution in [3.8, 4) is 0 Å². The van der Waals surface area contributed by atoms with Crippen LogP contribution in [0.25, 0.3) is 0 Å². The molecule has 0 aliphatic heterocycles. The Kier molecular flexibility index (Phi) is 5.38. The summed E-state index contributed by atoms with van der Waals surface area (Å²) in [5.41, 5.74) is 5.53. The van der Waals surface area contributed by atoms with Crippen molar-refractivity contribution < 1.29 is 0 Å². The van der Waals surface area contributed by atoms with E-state index in [2.05, 4.69) is 88.4 Å². The summed E-state index contributed by atoms with van der Waals surface area (Å²) in [5.74, 6) is 1.03. The lowest BCUT2D eigenvalue weighted by Gasteiger charge is -2.23. The van der Waals surface area contributed by atoms with E-state index in [1.807, 2.05) is 0 Å². The van der Waals surface area contributed by atoms with Gasteiger partial charge in [-0.2, -0.15) is 0 Å². The molecule has 0 amide bonds. The third kappa shape index (κ3) is 4.32. The van der Waals surface area contributed by atoms with E-state index in [4.69, 9.17) is 0 Å². The van der Waals surface area contributed by atoms with E-state index < -0.39 is 0 Å². The zero-order valence-corrected chi connectivity index (χ0v) is 13.6. The topological polar surface area (TPSA) is 0 Å². The minimum atomic E-state index is 0.366. The zero-order valence-electron chi connectivity index (χ0n) is 13.6. The van der Waals surface area contributed by atoms with Gasteiger partial charge in [0.2, 0.25) is 0 Å². The van der Waals surface area contributed by atoms with E-state index in [0.29, 0.717) is 11.8 Å². The van der Waals surface area contributed by atoms with E-state index in [1.165, 1.54) is 22.3 Å². The molecule has 0 bridgehead atoms. The number of benzene rings is 1. The zero-order chi connectivity index (χ0) is 15.2. The molecule has 0 N–H and O–H groups in total. The first-order valence-corrected chi connectivity index (χ1v) is 7.83. The van der Waals surface area contributed by atoms with Gasteiger partial charge in [0.05, 0.1) is 0 Å². The third-order valence-corrected chi connectivity index (χ3v) is 3.94. The molecule has 1 aromatic rings. The molecule has 2 atom stereocenters. The molecular weight excluding hydrogens is 252 g/mol. The molecule has 1 aliphatic rings. The molecule has 0 spiro atoms. The van der Waals surface area contributed by atoms with Crippen LogP contribution in [0, 0.1) is 5.92 Å². The van der Waals surface area contributed by atoms with Crippen molar-refractivity contribution in [3.05, 3.63) is 83.0 Å². The largest absolute Gasteiger partial charge is 0.0811 e. The van der Waals surface area contributed by atoms with Gasteiger partial charge < -0.3 is 0 Å². The summed E-state index contributed by atoms with van der Waals surface area (Å²) in [5, 5.41) is 0. The minimum absolute atomic E-state index is 0.366. The van der Waals surface area contributed by atoms with Gasteiger partial charge in [0.15, 0.2) is 0 Å². The highest BCUT2D eigenvalue weighted by atomic mass is 14.2. The second kappa shape index (κ2) is 7.26. The van der Waals surface area contributed by atoms with Crippen LogP contribution in [0.1, 0.15) is 45.6 Å². The summed E-state index contributed by atoms with van der Waals surface area (Å²) in [6, 6.07) is 10.8. The molecule has 0 heterocycles. The van der Waals surface area contributed by atoms with Crippen LogP contribution < -0.4 is 0 Å². The SMILES string of the molecule is CC(C)=C/C=C(\C)C(C1=CCC(C)C=C1)c1ccccc1. The second-order valence-electron chi connectivity index (χ2n) is 6.27. The molecule has 21 heavy (non-hydrogen) atoms. The second-order valence-corrected chi connectivity index (χ2v) is 6.27. The molecule has 1 aliphatic carbocycles. The summed E-state index contributed by atoms with van der Waals surface area (Å²) in [6.07, 6.45) is 12.7. The van der Waals surface area contributed by atoms with Gasteiger partial charge in [-0.05, 0) is 44.2 Å². The average Bonchev–Trinajstić information content (AvgIpc) is 2.48. The average molecular weight is 278 g/mol. The van der Waals surface area contributed by atoms with E-state index in [9.17, 15) is 0 Å². The van der Waals surface area contributed by atoms with Gasteiger partial charge in [0.25, 0.3) is 0 Å². The fourth-order valence-corrected chi connectivity index (χ4v) is 2.72. The summed E-state index contributed by atoms with van der Waals surface area (Å²) >= 11 is 0. The van der Waals surface area contributed by atoms with E-state index >= 15 is 0 Å². The van der Waals surface area contributed by atoms with Gasteiger partial charge >= 0.3 is 0 Å². The predicted octanol–water partition coefficient (Wildman–Crippen LogP) is 6.21. The van der Waals surface area contributed by atoms with E-state index in [1.54, 1.807) is 0 Å². The minimum Gasteiger partial charge on any atom is -0.0811 e. The van der Waals surface area contributed by atoms with Gasteiger partial charge in [0.1, 0.15) is 0 Å². The lowest BCUT2D eigenvalue weighted by Crippen LogP contribution is -2.06. The Bertz CT molecular complexity index is 578. The summed E-state index contributed by atoms with van der Waals surface area (Å²) < 4.78 is 0. The fourth-order valence-electron chi connectivity index (χ4n) is 2.72. The predicted molar refractivity (Wildman–Crippen MR) is 93.4 cm³/mol. The van der Waals surface area contributed by atoms with Gasteiger partial charge in [-0.15, -0.1) is 0 Å². The molecular formula is C21H26. The van der Waals surface area contributed by atoms with Gasteiger partial charge in [0, 0.05) is 5.92 Å². The van der Waals surface area contributed by atoms with Gasteiger partial charge in [-0.3, -0.25) is 0 Å². The van der Waals surface area contributed by atoms with E-state index in [-0.39, 0.29) is 0 Å². The molecule has 0 radical (unpaired) electrons. The first-order valence-electron chi connectivity index (χ1n) is 7.83. The summed E-state index contributed by atoms with van der Waals surface area (Å²) in [6.45, 7) is 8.79. The lowest BCUT2D eigenvalue weighted by molar-refractivity contribution is 0.721. The molecule has 0 saturated heterocycles. The Morgan fingerprint density at radius 1 is 1.10 bits per heavy atom. The molecule has 110 valence electrons. The molecule has 2 rings (SSSR count). The van der Waals surface area contributed by atoms with Crippen molar-refractivity contribution in [1.29, 1.82) is 0 Å².